The molecule has 2 atom stereocenters. The first-order chi connectivity index (χ1) is 10.0. The fraction of sp³-hybridized carbons (Fsp3) is 0.529. The van der Waals surface area contributed by atoms with Crippen LogP contribution in [0.2, 0.25) is 0 Å². The second-order valence-corrected chi connectivity index (χ2v) is 6.22. The van der Waals surface area contributed by atoms with Crippen LogP contribution in [0.5, 0.6) is 0 Å². The summed E-state index contributed by atoms with van der Waals surface area (Å²) in [5.41, 5.74) is 1.32. The van der Waals surface area contributed by atoms with E-state index in [1.807, 2.05) is 15.9 Å². The van der Waals surface area contributed by atoms with E-state index < -0.39 is 0 Å². The summed E-state index contributed by atoms with van der Waals surface area (Å²) in [5.74, 6) is 0.218. The van der Waals surface area contributed by atoms with Crippen LogP contribution in [-0.4, -0.2) is 47.3 Å². The van der Waals surface area contributed by atoms with Crippen molar-refractivity contribution in [3.05, 3.63) is 35.9 Å². The molecule has 0 spiro atoms. The van der Waals surface area contributed by atoms with Crippen LogP contribution < -0.4 is 0 Å². The van der Waals surface area contributed by atoms with Crippen LogP contribution in [0.3, 0.4) is 0 Å². The minimum Gasteiger partial charge on any atom is -0.341 e. The number of nitrogens with zero attached hydrogens (tertiary/aromatic N) is 2. The van der Waals surface area contributed by atoms with Gasteiger partial charge in [0.25, 0.3) is 0 Å². The SMILES string of the molecule is CC(=O)N1CC[C@@]2(c3ccccc3)CCN(C(C)=O)[C@@H]2C1. The molecule has 1 aromatic carbocycles. The van der Waals surface area contributed by atoms with Crippen LogP contribution in [0.15, 0.2) is 30.3 Å². The third kappa shape index (κ3) is 2.23. The highest BCUT2D eigenvalue weighted by Gasteiger charge is 2.52. The van der Waals surface area contributed by atoms with Gasteiger partial charge in [-0.15, -0.1) is 0 Å². The van der Waals surface area contributed by atoms with E-state index in [0.29, 0.717) is 6.54 Å². The maximum Gasteiger partial charge on any atom is 0.219 e. The van der Waals surface area contributed by atoms with Crippen LogP contribution in [0.4, 0.5) is 0 Å². The zero-order valence-corrected chi connectivity index (χ0v) is 12.7. The Labute approximate surface area is 125 Å². The molecule has 2 amide bonds. The van der Waals surface area contributed by atoms with Gasteiger partial charge in [-0.05, 0) is 18.4 Å². The number of piperidine rings is 1. The topological polar surface area (TPSA) is 40.6 Å². The molecule has 2 saturated heterocycles. The number of hydrogen-bond acceptors (Lipinski definition) is 2. The summed E-state index contributed by atoms with van der Waals surface area (Å²) < 4.78 is 0. The van der Waals surface area contributed by atoms with Crippen molar-refractivity contribution in [2.45, 2.75) is 38.1 Å². The monoisotopic (exact) mass is 286 g/mol. The first-order valence-electron chi connectivity index (χ1n) is 7.63. The molecular formula is C17H22N2O2. The van der Waals surface area contributed by atoms with Crippen molar-refractivity contribution in [2.75, 3.05) is 19.6 Å². The third-order valence-corrected chi connectivity index (χ3v) is 5.23. The number of benzene rings is 1. The van der Waals surface area contributed by atoms with E-state index in [1.165, 1.54) is 5.56 Å². The predicted molar refractivity (Wildman–Crippen MR) is 80.8 cm³/mol. The molecule has 21 heavy (non-hydrogen) atoms. The molecular weight excluding hydrogens is 264 g/mol. The normalized spacial score (nSPS) is 28.4. The molecule has 0 aromatic heterocycles. The van der Waals surface area contributed by atoms with Gasteiger partial charge in [-0.2, -0.15) is 0 Å². The van der Waals surface area contributed by atoms with Gasteiger partial charge in [0, 0.05) is 38.9 Å². The Kier molecular flexibility index (Phi) is 3.47. The molecule has 0 radical (unpaired) electrons. The van der Waals surface area contributed by atoms with Crippen molar-refractivity contribution < 1.29 is 9.59 Å². The highest BCUT2D eigenvalue weighted by molar-refractivity contribution is 5.76. The van der Waals surface area contributed by atoms with Gasteiger partial charge in [0.1, 0.15) is 0 Å². The first-order valence-corrected chi connectivity index (χ1v) is 7.63. The fourth-order valence-corrected chi connectivity index (χ4v) is 4.05. The molecule has 112 valence electrons. The Morgan fingerprint density at radius 3 is 2.33 bits per heavy atom. The zero-order valence-electron chi connectivity index (χ0n) is 12.7. The first kappa shape index (κ1) is 14.1. The Balaban J connectivity index is 1.99. The third-order valence-electron chi connectivity index (χ3n) is 5.23. The van der Waals surface area contributed by atoms with Crippen LogP contribution >= 0.6 is 0 Å². The molecule has 0 bridgehead atoms. The molecule has 4 nitrogen and oxygen atoms in total. The molecule has 2 fully saturated rings. The van der Waals surface area contributed by atoms with Gasteiger partial charge in [0.05, 0.1) is 6.04 Å². The lowest BCUT2D eigenvalue weighted by Gasteiger charge is -2.46. The van der Waals surface area contributed by atoms with Crippen molar-refractivity contribution in [1.82, 2.24) is 9.80 Å². The number of rotatable bonds is 1. The molecule has 4 heteroatoms. The molecule has 1 aromatic rings. The molecule has 0 unspecified atom stereocenters. The zero-order chi connectivity index (χ0) is 15.0. The lowest BCUT2D eigenvalue weighted by atomic mass is 9.69. The lowest BCUT2D eigenvalue weighted by molar-refractivity contribution is -0.136. The second-order valence-electron chi connectivity index (χ2n) is 6.22. The van der Waals surface area contributed by atoms with Crippen molar-refractivity contribution in [3.8, 4) is 0 Å². The average molecular weight is 286 g/mol. The van der Waals surface area contributed by atoms with Gasteiger partial charge in [0.15, 0.2) is 0 Å². The smallest absolute Gasteiger partial charge is 0.219 e. The number of carbonyl (C=O) groups excluding carboxylic acids is 2. The standard InChI is InChI=1S/C17H22N2O2/c1-13(20)18-10-8-17(15-6-4-3-5-7-15)9-11-19(14(2)21)16(17)12-18/h3-7,16H,8-12H2,1-2H3/t16-,17+/m1/s1. The number of amides is 2. The lowest BCUT2D eigenvalue weighted by Crippen LogP contribution is -2.57. The Bertz CT molecular complexity index is 557. The molecule has 0 saturated carbocycles. The number of carbonyl (C=O) groups is 2. The summed E-state index contributed by atoms with van der Waals surface area (Å²) in [5, 5.41) is 0. The van der Waals surface area contributed by atoms with E-state index in [-0.39, 0.29) is 23.3 Å². The van der Waals surface area contributed by atoms with Crippen molar-refractivity contribution in [3.63, 3.8) is 0 Å². The summed E-state index contributed by atoms with van der Waals surface area (Å²) in [6.07, 6.45) is 1.93. The van der Waals surface area contributed by atoms with Crippen molar-refractivity contribution >= 4 is 11.8 Å². The molecule has 2 heterocycles. The summed E-state index contributed by atoms with van der Waals surface area (Å²) in [6.45, 7) is 5.48. The van der Waals surface area contributed by atoms with E-state index in [1.54, 1.807) is 13.8 Å². The van der Waals surface area contributed by atoms with E-state index in [2.05, 4.69) is 24.3 Å². The van der Waals surface area contributed by atoms with E-state index >= 15 is 0 Å². The van der Waals surface area contributed by atoms with Crippen LogP contribution in [0.1, 0.15) is 32.3 Å². The maximum absolute atomic E-state index is 12.0. The van der Waals surface area contributed by atoms with Gasteiger partial charge < -0.3 is 9.80 Å². The maximum atomic E-state index is 12.0. The van der Waals surface area contributed by atoms with Gasteiger partial charge in [-0.25, -0.2) is 0 Å². The van der Waals surface area contributed by atoms with Crippen LogP contribution in [0.25, 0.3) is 0 Å². The summed E-state index contributed by atoms with van der Waals surface area (Å²) >= 11 is 0. The highest BCUT2D eigenvalue weighted by Crippen LogP contribution is 2.45. The number of likely N-dealkylation sites (tertiary alicyclic amines) is 2. The average Bonchev–Trinajstić information content (AvgIpc) is 2.88. The van der Waals surface area contributed by atoms with E-state index in [4.69, 9.17) is 0 Å². The van der Waals surface area contributed by atoms with Gasteiger partial charge in [-0.3, -0.25) is 9.59 Å². The molecule has 0 N–H and O–H groups in total. The van der Waals surface area contributed by atoms with E-state index in [9.17, 15) is 9.59 Å². The fourth-order valence-electron chi connectivity index (χ4n) is 4.05. The Morgan fingerprint density at radius 2 is 1.71 bits per heavy atom. The van der Waals surface area contributed by atoms with Gasteiger partial charge in [-0.1, -0.05) is 30.3 Å². The molecule has 3 rings (SSSR count). The van der Waals surface area contributed by atoms with Crippen LogP contribution in [-0.2, 0) is 15.0 Å². The second kappa shape index (κ2) is 5.17. The molecule has 2 aliphatic heterocycles. The summed E-state index contributed by atoms with van der Waals surface area (Å²) in [7, 11) is 0. The summed E-state index contributed by atoms with van der Waals surface area (Å²) in [4.78, 5) is 27.5. The van der Waals surface area contributed by atoms with Crippen molar-refractivity contribution in [2.24, 2.45) is 0 Å². The minimum atomic E-state index is 0.0128. The van der Waals surface area contributed by atoms with Gasteiger partial charge in [0.2, 0.25) is 11.8 Å². The molecule has 2 aliphatic rings. The minimum absolute atomic E-state index is 0.0128. The quantitative estimate of drug-likeness (QED) is 0.790. The van der Waals surface area contributed by atoms with Crippen molar-refractivity contribution in [1.29, 1.82) is 0 Å². The van der Waals surface area contributed by atoms with Gasteiger partial charge >= 0.3 is 0 Å². The molecule has 0 aliphatic carbocycles. The highest BCUT2D eigenvalue weighted by atomic mass is 16.2. The number of fused-ring (bicyclic) bond motifs is 1. The Morgan fingerprint density at radius 1 is 1.05 bits per heavy atom. The predicted octanol–water partition coefficient (Wildman–Crippen LogP) is 1.80. The summed E-state index contributed by atoms with van der Waals surface area (Å²) in [6, 6.07) is 10.6. The van der Waals surface area contributed by atoms with Crippen LogP contribution in [0, 0.1) is 0 Å². The largest absolute Gasteiger partial charge is 0.341 e. The Hall–Kier alpha value is -1.84. The number of hydrogen-bond donors (Lipinski definition) is 0. The van der Waals surface area contributed by atoms with E-state index in [0.717, 1.165) is 25.9 Å².